The van der Waals surface area contributed by atoms with Gasteiger partial charge in [0.25, 0.3) is 5.91 Å². The molecule has 6 nitrogen and oxygen atoms in total. The van der Waals surface area contributed by atoms with Crippen LogP contribution in [0.5, 0.6) is 5.88 Å². The number of hydrogen-bond acceptors (Lipinski definition) is 4. The standard InChI is InChI=1S/C18H25N3O3/c22-17-7-3-11-21(17)12-4-9-20-18(23)14-8-10-19-16(13-14)24-15-5-1-2-6-15/h8,10,13,15H,1-7,9,11-12H2,(H,20,23). The van der Waals surface area contributed by atoms with E-state index in [-0.39, 0.29) is 17.9 Å². The van der Waals surface area contributed by atoms with Gasteiger partial charge in [-0.15, -0.1) is 0 Å². The Labute approximate surface area is 142 Å². The summed E-state index contributed by atoms with van der Waals surface area (Å²) in [6, 6.07) is 3.40. The number of nitrogens with one attached hydrogen (secondary N) is 1. The van der Waals surface area contributed by atoms with Gasteiger partial charge >= 0.3 is 0 Å². The lowest BCUT2D eigenvalue weighted by molar-refractivity contribution is -0.127. The fourth-order valence-electron chi connectivity index (χ4n) is 3.31. The van der Waals surface area contributed by atoms with Crippen LogP contribution in [0.1, 0.15) is 55.3 Å². The highest BCUT2D eigenvalue weighted by atomic mass is 16.5. The molecule has 1 aliphatic heterocycles. The van der Waals surface area contributed by atoms with Gasteiger partial charge in [0.2, 0.25) is 11.8 Å². The van der Waals surface area contributed by atoms with Crippen LogP contribution < -0.4 is 10.1 Å². The van der Waals surface area contributed by atoms with E-state index in [1.165, 1.54) is 12.8 Å². The lowest BCUT2D eigenvalue weighted by Gasteiger charge is -2.15. The van der Waals surface area contributed by atoms with Gasteiger partial charge in [0.1, 0.15) is 6.10 Å². The number of pyridine rings is 1. The van der Waals surface area contributed by atoms with E-state index in [1.54, 1.807) is 18.3 Å². The van der Waals surface area contributed by atoms with Crippen LogP contribution in [0, 0.1) is 0 Å². The Morgan fingerprint density at radius 1 is 1.33 bits per heavy atom. The Kier molecular flexibility index (Phi) is 5.67. The number of carbonyl (C=O) groups excluding carboxylic acids is 2. The van der Waals surface area contributed by atoms with E-state index in [1.807, 2.05) is 4.90 Å². The first-order valence-electron chi connectivity index (χ1n) is 8.91. The number of ether oxygens (including phenoxy) is 1. The maximum atomic E-state index is 12.2. The predicted octanol–water partition coefficient (Wildman–Crippen LogP) is 2.15. The highest BCUT2D eigenvalue weighted by Crippen LogP contribution is 2.23. The highest BCUT2D eigenvalue weighted by Gasteiger charge is 2.19. The number of carbonyl (C=O) groups is 2. The molecular weight excluding hydrogens is 306 g/mol. The quantitative estimate of drug-likeness (QED) is 0.777. The summed E-state index contributed by atoms with van der Waals surface area (Å²) in [6.07, 6.45) is 8.75. The molecule has 2 amide bonds. The molecule has 1 saturated heterocycles. The predicted molar refractivity (Wildman–Crippen MR) is 89.9 cm³/mol. The van der Waals surface area contributed by atoms with Crippen molar-refractivity contribution in [3.05, 3.63) is 23.9 Å². The van der Waals surface area contributed by atoms with Crippen molar-refractivity contribution in [3.63, 3.8) is 0 Å². The normalized spacial score (nSPS) is 18.2. The minimum Gasteiger partial charge on any atom is -0.474 e. The maximum Gasteiger partial charge on any atom is 0.251 e. The van der Waals surface area contributed by atoms with E-state index in [9.17, 15) is 9.59 Å². The molecule has 1 saturated carbocycles. The summed E-state index contributed by atoms with van der Waals surface area (Å²) in [5, 5.41) is 2.90. The summed E-state index contributed by atoms with van der Waals surface area (Å²) in [7, 11) is 0. The number of rotatable bonds is 7. The summed E-state index contributed by atoms with van der Waals surface area (Å²) >= 11 is 0. The minimum absolute atomic E-state index is 0.124. The number of nitrogens with zero attached hydrogens (tertiary/aromatic N) is 2. The molecule has 130 valence electrons. The maximum absolute atomic E-state index is 12.2. The SMILES string of the molecule is O=C(NCCCN1CCCC1=O)c1ccnc(OC2CCCC2)c1. The molecule has 0 unspecified atom stereocenters. The summed E-state index contributed by atoms with van der Waals surface area (Å²) in [5.41, 5.74) is 0.565. The summed E-state index contributed by atoms with van der Waals surface area (Å²) in [5.74, 6) is 0.628. The second kappa shape index (κ2) is 8.13. The number of hydrogen-bond donors (Lipinski definition) is 1. The van der Waals surface area contributed by atoms with E-state index in [0.717, 1.165) is 32.2 Å². The second-order valence-corrected chi connectivity index (χ2v) is 6.50. The van der Waals surface area contributed by atoms with Crippen molar-refractivity contribution in [2.75, 3.05) is 19.6 Å². The molecule has 1 aromatic rings. The molecule has 0 atom stereocenters. The van der Waals surface area contributed by atoms with Crippen molar-refractivity contribution in [3.8, 4) is 5.88 Å². The smallest absolute Gasteiger partial charge is 0.251 e. The molecule has 2 aliphatic rings. The third-order valence-corrected chi connectivity index (χ3v) is 4.65. The van der Waals surface area contributed by atoms with Crippen molar-refractivity contribution in [1.29, 1.82) is 0 Å². The van der Waals surface area contributed by atoms with E-state index < -0.39 is 0 Å². The molecule has 3 rings (SSSR count). The fraction of sp³-hybridized carbons (Fsp3) is 0.611. The molecule has 2 fully saturated rings. The molecule has 1 aliphatic carbocycles. The van der Waals surface area contributed by atoms with Crippen LogP contribution in [0.3, 0.4) is 0 Å². The Hall–Kier alpha value is -2.11. The molecule has 0 bridgehead atoms. The largest absolute Gasteiger partial charge is 0.474 e. The second-order valence-electron chi connectivity index (χ2n) is 6.50. The molecule has 24 heavy (non-hydrogen) atoms. The third kappa shape index (κ3) is 4.46. The van der Waals surface area contributed by atoms with Gasteiger partial charge < -0.3 is 15.0 Å². The van der Waals surface area contributed by atoms with E-state index in [4.69, 9.17) is 4.74 Å². The molecule has 0 spiro atoms. The van der Waals surface area contributed by atoms with Crippen LogP contribution in [-0.2, 0) is 4.79 Å². The Morgan fingerprint density at radius 3 is 2.92 bits per heavy atom. The van der Waals surface area contributed by atoms with E-state index in [2.05, 4.69) is 10.3 Å². The van der Waals surface area contributed by atoms with Gasteiger partial charge in [0, 0.05) is 43.9 Å². The Morgan fingerprint density at radius 2 is 2.17 bits per heavy atom. The first-order chi connectivity index (χ1) is 11.7. The third-order valence-electron chi connectivity index (χ3n) is 4.65. The van der Waals surface area contributed by atoms with Crippen molar-refractivity contribution >= 4 is 11.8 Å². The zero-order valence-electron chi connectivity index (χ0n) is 14.0. The Balaban J connectivity index is 1.43. The van der Waals surface area contributed by atoms with Gasteiger partial charge in [-0.2, -0.15) is 0 Å². The molecule has 6 heteroatoms. The van der Waals surface area contributed by atoms with Crippen molar-refractivity contribution in [1.82, 2.24) is 15.2 Å². The molecule has 2 heterocycles. The van der Waals surface area contributed by atoms with Crippen molar-refractivity contribution in [2.24, 2.45) is 0 Å². The molecular formula is C18H25N3O3. The average Bonchev–Trinajstić information content (AvgIpc) is 3.24. The van der Waals surface area contributed by atoms with Crippen LogP contribution in [0.2, 0.25) is 0 Å². The zero-order chi connectivity index (χ0) is 16.8. The van der Waals surface area contributed by atoms with Gasteiger partial charge in [-0.05, 0) is 44.6 Å². The average molecular weight is 331 g/mol. The molecule has 1 N–H and O–H groups in total. The van der Waals surface area contributed by atoms with Crippen LogP contribution >= 0.6 is 0 Å². The lowest BCUT2D eigenvalue weighted by atomic mass is 10.2. The van der Waals surface area contributed by atoms with Crippen LogP contribution in [0.15, 0.2) is 18.3 Å². The first-order valence-corrected chi connectivity index (χ1v) is 8.91. The first kappa shape index (κ1) is 16.7. The van der Waals surface area contributed by atoms with Gasteiger partial charge in [0.15, 0.2) is 0 Å². The zero-order valence-corrected chi connectivity index (χ0v) is 14.0. The van der Waals surface area contributed by atoms with Gasteiger partial charge in [-0.1, -0.05) is 0 Å². The van der Waals surface area contributed by atoms with E-state index in [0.29, 0.717) is 31.0 Å². The Bertz CT molecular complexity index is 585. The fourth-order valence-corrected chi connectivity index (χ4v) is 3.31. The number of amides is 2. The van der Waals surface area contributed by atoms with Crippen molar-refractivity contribution in [2.45, 2.75) is 51.0 Å². The lowest BCUT2D eigenvalue weighted by Crippen LogP contribution is -2.30. The number of likely N-dealkylation sites (tertiary alicyclic amines) is 1. The van der Waals surface area contributed by atoms with Crippen LogP contribution in [0.4, 0.5) is 0 Å². The summed E-state index contributed by atoms with van der Waals surface area (Å²) in [6.45, 7) is 2.12. The summed E-state index contributed by atoms with van der Waals surface area (Å²) in [4.78, 5) is 29.8. The van der Waals surface area contributed by atoms with Gasteiger partial charge in [0.05, 0.1) is 0 Å². The van der Waals surface area contributed by atoms with Gasteiger partial charge in [-0.3, -0.25) is 9.59 Å². The van der Waals surface area contributed by atoms with Crippen LogP contribution in [-0.4, -0.2) is 47.4 Å². The summed E-state index contributed by atoms with van der Waals surface area (Å²) < 4.78 is 5.84. The van der Waals surface area contributed by atoms with E-state index >= 15 is 0 Å². The minimum atomic E-state index is -0.124. The number of aromatic nitrogens is 1. The molecule has 0 radical (unpaired) electrons. The van der Waals surface area contributed by atoms with Crippen LogP contribution in [0.25, 0.3) is 0 Å². The van der Waals surface area contributed by atoms with Gasteiger partial charge in [-0.25, -0.2) is 4.98 Å². The highest BCUT2D eigenvalue weighted by molar-refractivity contribution is 5.94. The monoisotopic (exact) mass is 331 g/mol. The topological polar surface area (TPSA) is 71.5 Å². The van der Waals surface area contributed by atoms with Crippen molar-refractivity contribution < 1.29 is 14.3 Å². The molecule has 0 aromatic carbocycles. The molecule has 1 aromatic heterocycles.